The minimum absolute atomic E-state index is 0.0137. The number of hydrogen-bond acceptors (Lipinski definition) is 5. The van der Waals surface area contributed by atoms with Gasteiger partial charge < -0.3 is 21.1 Å². The fraction of sp³-hybridized carbons (Fsp3) is 0.400. The fourth-order valence-electron chi connectivity index (χ4n) is 3.69. The Morgan fingerprint density at radius 3 is 2.11 bits per heavy atom. The molecule has 5 rings (SSSR count). The van der Waals surface area contributed by atoms with Crippen LogP contribution in [0.15, 0.2) is 48.5 Å². The number of pyridine rings is 1. The van der Waals surface area contributed by atoms with Crippen molar-refractivity contribution in [3.05, 3.63) is 70.6 Å². The van der Waals surface area contributed by atoms with Crippen LogP contribution in [0.1, 0.15) is 30.5 Å². The van der Waals surface area contributed by atoms with Crippen LogP contribution < -0.4 is 11.5 Å². The number of aromatic nitrogens is 1. The molecule has 2 aliphatic rings. The maximum absolute atomic E-state index is 12.5. The van der Waals surface area contributed by atoms with E-state index in [1.165, 1.54) is 62.7 Å². The van der Waals surface area contributed by atoms with Crippen molar-refractivity contribution >= 4 is 28.2 Å². The van der Waals surface area contributed by atoms with Crippen molar-refractivity contribution in [1.82, 2.24) is 9.88 Å². The van der Waals surface area contributed by atoms with Gasteiger partial charge >= 0.3 is 6.18 Å². The molecule has 4 N–H and O–H groups in total. The van der Waals surface area contributed by atoms with Gasteiger partial charge in [0.1, 0.15) is 11.5 Å². The van der Waals surface area contributed by atoms with E-state index in [0.717, 1.165) is 11.6 Å². The lowest BCUT2D eigenvalue weighted by Crippen LogP contribution is -2.54. The second kappa shape index (κ2) is 11.5. The van der Waals surface area contributed by atoms with Gasteiger partial charge in [-0.1, -0.05) is 30.2 Å². The van der Waals surface area contributed by atoms with Gasteiger partial charge in [0.2, 0.25) is 0 Å². The second-order valence-electron chi connectivity index (χ2n) is 8.78. The van der Waals surface area contributed by atoms with E-state index < -0.39 is 11.9 Å². The molecule has 2 aliphatic heterocycles. The lowest BCUT2D eigenvalue weighted by molar-refractivity contribution is -0.140. The highest BCUT2D eigenvalue weighted by Gasteiger charge is 2.35. The van der Waals surface area contributed by atoms with E-state index in [1.807, 2.05) is 0 Å². The molecule has 3 heterocycles. The van der Waals surface area contributed by atoms with Crippen molar-refractivity contribution in [2.75, 3.05) is 39.1 Å². The predicted octanol–water partition coefficient (Wildman–Crippen LogP) is 5.60. The minimum Gasteiger partial charge on any atom is -0.398 e. The summed E-state index contributed by atoms with van der Waals surface area (Å²) < 4.78 is 54.8. The molecule has 35 heavy (non-hydrogen) atoms. The number of alkyl halides is 3. The van der Waals surface area contributed by atoms with Crippen LogP contribution >= 0.6 is 11.6 Å². The molecule has 10 heteroatoms. The van der Waals surface area contributed by atoms with E-state index in [9.17, 15) is 17.6 Å². The number of benzene rings is 2. The number of piperidine rings is 1. The standard InChI is InChI=1S/C10H6ClF3N2.C9H10FNO.C6H13N/c11-5-1-2-8-6(3-5)7(15)4-9(16-8)10(12,13)14;10-8-3-1-7(2-4-8)9(11)5-12-6-9;1-7-5-3-2-4-6-7/h1-4H,(H2,15,16);1-4H,5-6,11H2;2-6H2,1H3. The summed E-state index contributed by atoms with van der Waals surface area (Å²) in [5.74, 6) is -0.234. The summed E-state index contributed by atoms with van der Waals surface area (Å²) in [5, 5.41) is 0.821. The molecule has 0 unspecified atom stereocenters. The molecule has 0 spiro atoms. The van der Waals surface area contributed by atoms with Crippen LogP contribution in [0, 0.1) is 5.82 Å². The first-order chi connectivity index (χ1) is 16.5. The van der Waals surface area contributed by atoms with Crippen molar-refractivity contribution in [3.8, 4) is 0 Å². The first kappa shape index (κ1) is 27.1. The first-order valence-corrected chi connectivity index (χ1v) is 11.6. The molecule has 2 saturated heterocycles. The molecule has 3 aromatic rings. The van der Waals surface area contributed by atoms with Crippen LogP contribution in [0.2, 0.25) is 5.02 Å². The maximum Gasteiger partial charge on any atom is 0.433 e. The molecule has 1 aromatic heterocycles. The van der Waals surface area contributed by atoms with Gasteiger partial charge in [0.15, 0.2) is 0 Å². The first-order valence-electron chi connectivity index (χ1n) is 11.2. The Hall–Kier alpha value is -2.46. The number of halogens is 5. The lowest BCUT2D eigenvalue weighted by atomic mass is 9.89. The smallest absolute Gasteiger partial charge is 0.398 e. The van der Waals surface area contributed by atoms with E-state index in [4.69, 9.17) is 27.8 Å². The van der Waals surface area contributed by atoms with E-state index >= 15 is 0 Å². The number of fused-ring (bicyclic) bond motifs is 1. The molecule has 0 radical (unpaired) electrons. The number of likely N-dealkylation sites (tertiary alicyclic amines) is 1. The van der Waals surface area contributed by atoms with Crippen LogP contribution in [-0.4, -0.2) is 43.2 Å². The van der Waals surface area contributed by atoms with E-state index in [1.54, 1.807) is 12.1 Å². The maximum atomic E-state index is 12.5. The zero-order valence-electron chi connectivity index (χ0n) is 19.4. The largest absolute Gasteiger partial charge is 0.433 e. The predicted molar refractivity (Wildman–Crippen MR) is 131 cm³/mol. The highest BCUT2D eigenvalue weighted by atomic mass is 35.5. The third-order valence-electron chi connectivity index (χ3n) is 5.81. The molecule has 190 valence electrons. The number of hydrogen-bond donors (Lipinski definition) is 2. The van der Waals surface area contributed by atoms with Crippen LogP contribution in [0.5, 0.6) is 0 Å². The molecule has 0 saturated carbocycles. The average molecular weight is 513 g/mol. The molecular weight excluding hydrogens is 484 g/mol. The molecule has 0 amide bonds. The van der Waals surface area contributed by atoms with Gasteiger partial charge in [-0.3, -0.25) is 0 Å². The van der Waals surface area contributed by atoms with Crippen LogP contribution in [-0.2, 0) is 16.5 Å². The van der Waals surface area contributed by atoms with Gasteiger partial charge in [-0.15, -0.1) is 0 Å². The van der Waals surface area contributed by atoms with Gasteiger partial charge in [0.25, 0.3) is 0 Å². The summed E-state index contributed by atoms with van der Waals surface area (Å²) >= 11 is 5.71. The number of nitrogens with zero attached hydrogens (tertiary/aromatic N) is 2. The Bertz CT molecular complexity index is 1110. The molecule has 0 atom stereocenters. The van der Waals surface area contributed by atoms with Crippen molar-refractivity contribution in [3.63, 3.8) is 0 Å². The van der Waals surface area contributed by atoms with Crippen LogP contribution in [0.4, 0.5) is 23.2 Å². The van der Waals surface area contributed by atoms with Gasteiger partial charge in [0, 0.05) is 16.1 Å². The Balaban J connectivity index is 0.000000158. The van der Waals surface area contributed by atoms with Crippen molar-refractivity contribution in [2.45, 2.75) is 31.0 Å². The second-order valence-corrected chi connectivity index (χ2v) is 9.21. The summed E-state index contributed by atoms with van der Waals surface area (Å²) in [7, 11) is 2.19. The lowest BCUT2D eigenvalue weighted by Gasteiger charge is -2.38. The Labute approximate surface area is 207 Å². The van der Waals surface area contributed by atoms with E-state index in [-0.39, 0.29) is 22.6 Å². The zero-order valence-corrected chi connectivity index (χ0v) is 20.2. The third kappa shape index (κ3) is 7.51. The molecular formula is C25H29ClF4N4O. The van der Waals surface area contributed by atoms with Crippen molar-refractivity contribution in [1.29, 1.82) is 0 Å². The van der Waals surface area contributed by atoms with Gasteiger partial charge in [0.05, 0.1) is 24.3 Å². The van der Waals surface area contributed by atoms with Gasteiger partial charge in [-0.2, -0.15) is 13.2 Å². The summed E-state index contributed by atoms with van der Waals surface area (Å²) in [6, 6.07) is 11.4. The number of nitrogens with two attached hydrogens (primary N) is 2. The van der Waals surface area contributed by atoms with Gasteiger partial charge in [-0.25, -0.2) is 9.37 Å². The van der Waals surface area contributed by atoms with Crippen molar-refractivity contribution < 1.29 is 22.3 Å². The highest BCUT2D eigenvalue weighted by molar-refractivity contribution is 6.31. The quantitative estimate of drug-likeness (QED) is 0.415. The summed E-state index contributed by atoms with van der Waals surface area (Å²) in [5.41, 5.74) is 11.2. The number of anilines is 1. The van der Waals surface area contributed by atoms with E-state index in [2.05, 4.69) is 16.9 Å². The molecule has 5 nitrogen and oxygen atoms in total. The molecule has 0 bridgehead atoms. The van der Waals surface area contributed by atoms with Crippen LogP contribution in [0.25, 0.3) is 10.9 Å². The Morgan fingerprint density at radius 2 is 1.63 bits per heavy atom. The van der Waals surface area contributed by atoms with E-state index in [0.29, 0.717) is 23.6 Å². The number of nitrogen functional groups attached to an aromatic ring is 1. The monoisotopic (exact) mass is 512 g/mol. The van der Waals surface area contributed by atoms with Gasteiger partial charge in [-0.05, 0) is 74.9 Å². The topological polar surface area (TPSA) is 77.4 Å². The summed E-state index contributed by atoms with van der Waals surface area (Å²) in [4.78, 5) is 5.88. The normalized spacial score (nSPS) is 17.5. The SMILES string of the molecule is CN1CCCCC1.NC1(c2ccc(F)cc2)COC1.Nc1cc(C(F)(F)F)nc2ccc(Cl)cc12. The average Bonchev–Trinajstić information content (AvgIpc) is 2.79. The Morgan fingerprint density at radius 1 is 1.00 bits per heavy atom. The highest BCUT2D eigenvalue weighted by Crippen LogP contribution is 2.32. The Kier molecular flexibility index (Phi) is 8.93. The zero-order chi connectivity index (χ0) is 25.6. The molecule has 2 fully saturated rings. The summed E-state index contributed by atoms with van der Waals surface area (Å²) in [6.07, 6.45) is -0.223. The number of ether oxygens (including phenoxy) is 1. The minimum atomic E-state index is -4.50. The fourth-order valence-corrected chi connectivity index (χ4v) is 3.86. The number of rotatable bonds is 1. The van der Waals surface area contributed by atoms with Crippen molar-refractivity contribution in [2.24, 2.45) is 5.73 Å². The summed E-state index contributed by atoms with van der Waals surface area (Å²) in [6.45, 7) is 3.69. The third-order valence-corrected chi connectivity index (χ3v) is 6.05. The molecule has 0 aliphatic carbocycles. The van der Waals surface area contributed by atoms with Crippen LogP contribution in [0.3, 0.4) is 0 Å². The molecule has 2 aromatic carbocycles.